The summed E-state index contributed by atoms with van der Waals surface area (Å²) >= 11 is 0. The molecule has 6 heavy (non-hydrogen) atoms. The van der Waals surface area contributed by atoms with Crippen LogP contribution in [0.1, 0.15) is 0 Å². The second kappa shape index (κ2) is 1.54. The highest BCUT2D eigenvalue weighted by atomic mass is 31.1. The first-order chi connectivity index (χ1) is 2.89. The first-order valence-corrected chi connectivity index (χ1v) is 2.68. The van der Waals surface area contributed by atoms with E-state index in [1.165, 1.54) is 0 Å². The van der Waals surface area contributed by atoms with Crippen LogP contribution < -0.4 is 5.48 Å². The molecule has 1 aliphatic heterocycles. The molecule has 1 unspecified atom stereocenters. The predicted molar refractivity (Wildman–Crippen MR) is 22.4 cm³/mol. The SMILES string of the molecule is O=C1CPON1. The maximum atomic E-state index is 10.0. The van der Waals surface area contributed by atoms with Crippen LogP contribution in [0, 0.1) is 0 Å². The molecule has 0 aliphatic carbocycles. The van der Waals surface area contributed by atoms with Crippen molar-refractivity contribution < 1.29 is 9.42 Å². The zero-order chi connectivity index (χ0) is 4.41. The van der Waals surface area contributed by atoms with E-state index in [1.807, 2.05) is 0 Å². The van der Waals surface area contributed by atoms with Gasteiger partial charge in [0.1, 0.15) is 0 Å². The second-order valence-electron chi connectivity index (χ2n) is 0.948. The molecule has 1 heterocycles. The number of hydrogen-bond acceptors (Lipinski definition) is 2. The number of carbonyl (C=O) groups is 1. The zero-order valence-corrected chi connectivity index (χ0v) is 4.02. The normalized spacial score (nSPS) is 25.0. The van der Waals surface area contributed by atoms with Crippen LogP contribution in [0.2, 0.25) is 0 Å². The lowest BCUT2D eigenvalue weighted by molar-refractivity contribution is -0.122. The van der Waals surface area contributed by atoms with E-state index in [4.69, 9.17) is 0 Å². The lowest BCUT2D eigenvalue weighted by Crippen LogP contribution is -2.13. The molecule has 1 rings (SSSR count). The molecule has 1 N–H and O–H groups in total. The third-order valence-electron chi connectivity index (χ3n) is 0.470. The lowest BCUT2D eigenvalue weighted by Gasteiger charge is -1.80. The quantitative estimate of drug-likeness (QED) is 0.427. The van der Waals surface area contributed by atoms with E-state index >= 15 is 0 Å². The standard InChI is InChI=1S/C2H4NO2P/c4-2-1-6-5-3-2/h6H,1H2,(H,3,4). The highest BCUT2D eigenvalue weighted by Crippen LogP contribution is 2.13. The Labute approximate surface area is 36.9 Å². The third kappa shape index (κ3) is 0.671. The molecule has 0 radical (unpaired) electrons. The molecule has 0 aromatic heterocycles. The van der Waals surface area contributed by atoms with Crippen molar-refractivity contribution in [1.29, 1.82) is 0 Å². The fraction of sp³-hybridized carbons (Fsp3) is 0.500. The number of carbonyl (C=O) groups excluding carboxylic acids is 1. The summed E-state index contributed by atoms with van der Waals surface area (Å²) in [4.78, 5) is 10.0. The summed E-state index contributed by atoms with van der Waals surface area (Å²) in [7, 11) is 0.328. The van der Waals surface area contributed by atoms with Crippen LogP contribution in [-0.4, -0.2) is 12.1 Å². The molecule has 0 aromatic rings. The van der Waals surface area contributed by atoms with Crippen molar-refractivity contribution in [3.63, 3.8) is 0 Å². The predicted octanol–water partition coefficient (Wildman–Crippen LogP) is -0.359. The van der Waals surface area contributed by atoms with Gasteiger partial charge in [-0.2, -0.15) is 0 Å². The Balaban J connectivity index is 2.37. The molecule has 0 bridgehead atoms. The molecule has 0 saturated carbocycles. The van der Waals surface area contributed by atoms with Crippen LogP contribution >= 0.6 is 8.81 Å². The fourth-order valence-corrected chi connectivity index (χ4v) is 0.692. The van der Waals surface area contributed by atoms with Gasteiger partial charge in [0.15, 0.2) is 0 Å². The van der Waals surface area contributed by atoms with Gasteiger partial charge >= 0.3 is 0 Å². The molecule has 1 saturated heterocycles. The summed E-state index contributed by atoms with van der Waals surface area (Å²) < 4.78 is 4.48. The summed E-state index contributed by atoms with van der Waals surface area (Å²) in [5.41, 5.74) is 2.19. The summed E-state index contributed by atoms with van der Waals surface area (Å²) in [5.74, 6) is -0.00617. The van der Waals surface area contributed by atoms with Gasteiger partial charge in [-0.05, 0) is 0 Å². The minimum atomic E-state index is -0.00617. The van der Waals surface area contributed by atoms with Gasteiger partial charge in [0, 0.05) is 0 Å². The van der Waals surface area contributed by atoms with E-state index in [2.05, 4.69) is 10.1 Å². The van der Waals surface area contributed by atoms with Crippen LogP contribution in [-0.2, 0) is 9.42 Å². The van der Waals surface area contributed by atoms with E-state index in [-0.39, 0.29) is 5.91 Å². The van der Waals surface area contributed by atoms with Crippen LogP contribution in [0.4, 0.5) is 0 Å². The van der Waals surface area contributed by atoms with Gasteiger partial charge in [0.2, 0.25) is 5.91 Å². The Morgan fingerprint density at radius 1 is 2.00 bits per heavy atom. The Bertz CT molecular complexity index is 65.9. The van der Waals surface area contributed by atoms with Crippen molar-refractivity contribution in [2.45, 2.75) is 0 Å². The van der Waals surface area contributed by atoms with Gasteiger partial charge in [-0.15, -0.1) is 0 Å². The van der Waals surface area contributed by atoms with Gasteiger partial charge in [0.25, 0.3) is 0 Å². The average molecular weight is 105 g/mol. The highest BCUT2D eigenvalue weighted by molar-refractivity contribution is 7.34. The van der Waals surface area contributed by atoms with E-state index in [0.717, 1.165) is 0 Å². The summed E-state index contributed by atoms with van der Waals surface area (Å²) in [6.07, 6.45) is 0.542. The van der Waals surface area contributed by atoms with Crippen molar-refractivity contribution in [3.05, 3.63) is 0 Å². The minimum Gasteiger partial charge on any atom is -0.272 e. The zero-order valence-electron chi connectivity index (χ0n) is 3.02. The van der Waals surface area contributed by atoms with Crippen LogP contribution in [0.15, 0.2) is 0 Å². The van der Waals surface area contributed by atoms with Gasteiger partial charge < -0.3 is 0 Å². The number of amides is 1. The first-order valence-electron chi connectivity index (χ1n) is 1.57. The Morgan fingerprint density at radius 2 is 2.83 bits per heavy atom. The van der Waals surface area contributed by atoms with E-state index in [9.17, 15) is 4.79 Å². The van der Waals surface area contributed by atoms with E-state index < -0.39 is 0 Å². The molecule has 1 aliphatic rings. The number of nitrogens with one attached hydrogen (secondary N) is 1. The highest BCUT2D eigenvalue weighted by Gasteiger charge is 2.06. The molecule has 34 valence electrons. The Kier molecular flexibility index (Phi) is 1.03. The summed E-state index contributed by atoms with van der Waals surface area (Å²) in [6.45, 7) is 0. The minimum absolute atomic E-state index is 0.00617. The molecular weight excluding hydrogens is 101 g/mol. The summed E-state index contributed by atoms with van der Waals surface area (Å²) in [5, 5.41) is 0. The van der Waals surface area contributed by atoms with E-state index in [0.29, 0.717) is 15.0 Å². The van der Waals surface area contributed by atoms with Gasteiger partial charge in [-0.3, -0.25) is 9.42 Å². The van der Waals surface area contributed by atoms with Crippen molar-refractivity contribution >= 4 is 14.7 Å². The van der Waals surface area contributed by atoms with Crippen LogP contribution in [0.25, 0.3) is 0 Å². The third-order valence-corrected chi connectivity index (χ3v) is 1.18. The molecule has 0 aromatic carbocycles. The molecule has 4 heteroatoms. The van der Waals surface area contributed by atoms with Crippen molar-refractivity contribution in [3.8, 4) is 0 Å². The van der Waals surface area contributed by atoms with Crippen molar-refractivity contribution in [2.24, 2.45) is 0 Å². The van der Waals surface area contributed by atoms with Crippen LogP contribution in [0.3, 0.4) is 0 Å². The monoisotopic (exact) mass is 105 g/mol. The lowest BCUT2D eigenvalue weighted by atomic mass is 10.8. The maximum Gasteiger partial charge on any atom is 0.250 e. The second-order valence-corrected chi connectivity index (χ2v) is 1.79. The average Bonchev–Trinajstić information content (AvgIpc) is 1.86. The number of hydroxylamine groups is 1. The van der Waals surface area contributed by atoms with Crippen molar-refractivity contribution in [1.82, 2.24) is 5.48 Å². The van der Waals surface area contributed by atoms with Gasteiger partial charge in [-0.25, -0.2) is 5.48 Å². The Hall–Kier alpha value is -0.140. The Morgan fingerprint density at radius 3 is 3.00 bits per heavy atom. The fourth-order valence-electron chi connectivity index (χ4n) is 0.231. The van der Waals surface area contributed by atoms with Crippen LogP contribution in [0.5, 0.6) is 0 Å². The molecule has 1 amide bonds. The smallest absolute Gasteiger partial charge is 0.250 e. The molecular formula is C2H4NO2P. The summed E-state index contributed by atoms with van der Waals surface area (Å²) in [6, 6.07) is 0. The molecule has 3 nitrogen and oxygen atoms in total. The van der Waals surface area contributed by atoms with E-state index in [1.54, 1.807) is 0 Å². The topological polar surface area (TPSA) is 38.3 Å². The molecule has 1 fully saturated rings. The maximum absolute atomic E-state index is 10.0. The van der Waals surface area contributed by atoms with Crippen molar-refractivity contribution in [2.75, 3.05) is 6.16 Å². The molecule has 0 spiro atoms. The largest absolute Gasteiger partial charge is 0.272 e. The molecule has 1 atom stereocenters. The number of hydrogen-bond donors (Lipinski definition) is 1. The van der Waals surface area contributed by atoms with Gasteiger partial charge in [0.05, 0.1) is 15.0 Å². The van der Waals surface area contributed by atoms with Gasteiger partial charge in [-0.1, -0.05) is 0 Å². The first kappa shape index (κ1) is 4.03. The number of rotatable bonds is 0.